The molecule has 0 saturated carbocycles. The van der Waals surface area contributed by atoms with E-state index in [0.717, 1.165) is 30.3 Å². The van der Waals surface area contributed by atoms with Gasteiger partial charge in [0, 0.05) is 18.7 Å². The highest BCUT2D eigenvalue weighted by molar-refractivity contribution is 5.94. The van der Waals surface area contributed by atoms with Gasteiger partial charge in [0.2, 0.25) is 0 Å². The minimum absolute atomic E-state index is 0.0323. The maximum Gasteiger partial charge on any atom is 0.251 e. The van der Waals surface area contributed by atoms with Crippen molar-refractivity contribution >= 4 is 5.91 Å². The summed E-state index contributed by atoms with van der Waals surface area (Å²) in [7, 11) is 0. The van der Waals surface area contributed by atoms with Crippen LogP contribution in [0.1, 0.15) is 46.3 Å². The van der Waals surface area contributed by atoms with E-state index in [1.54, 1.807) is 0 Å². The molecule has 1 aliphatic heterocycles. The molecule has 1 aromatic carbocycles. The molecular formula is C18H25N5O. The summed E-state index contributed by atoms with van der Waals surface area (Å²) in [6.07, 6.45) is 2.38. The Balaban J connectivity index is 1.57. The number of rotatable bonds is 5. The normalized spacial score (nSPS) is 17.7. The molecule has 1 saturated heterocycles. The second-order valence-corrected chi connectivity index (χ2v) is 6.35. The van der Waals surface area contributed by atoms with Gasteiger partial charge in [0.05, 0.1) is 6.54 Å². The summed E-state index contributed by atoms with van der Waals surface area (Å²) >= 11 is 0. The zero-order chi connectivity index (χ0) is 16.9. The molecule has 6 heteroatoms. The second kappa shape index (κ2) is 7.57. The van der Waals surface area contributed by atoms with Crippen molar-refractivity contribution in [3.05, 3.63) is 47.0 Å². The zero-order valence-electron chi connectivity index (χ0n) is 14.4. The van der Waals surface area contributed by atoms with Gasteiger partial charge in [0.25, 0.3) is 5.91 Å². The van der Waals surface area contributed by atoms with E-state index in [1.807, 2.05) is 36.7 Å². The molecule has 0 radical (unpaired) electrons. The number of carbonyl (C=O) groups excluding carboxylic acids is 1. The van der Waals surface area contributed by atoms with Crippen molar-refractivity contribution in [3.8, 4) is 0 Å². The molecule has 128 valence electrons. The van der Waals surface area contributed by atoms with Gasteiger partial charge in [-0.2, -0.15) is 5.10 Å². The molecule has 1 amide bonds. The molecule has 1 fully saturated rings. The van der Waals surface area contributed by atoms with E-state index in [1.165, 1.54) is 18.4 Å². The Hall–Kier alpha value is -2.21. The number of hydrogen-bond donors (Lipinski definition) is 2. The van der Waals surface area contributed by atoms with Crippen LogP contribution in [0.2, 0.25) is 0 Å². The predicted molar refractivity (Wildman–Crippen MR) is 93.1 cm³/mol. The first-order valence-electron chi connectivity index (χ1n) is 8.60. The van der Waals surface area contributed by atoms with Crippen LogP contribution in [0, 0.1) is 13.8 Å². The Kier molecular flexibility index (Phi) is 5.25. The summed E-state index contributed by atoms with van der Waals surface area (Å²) in [5.41, 5.74) is 1.97. The standard InChI is InChI=1S/C18H25N5O/c1-13-21-14(2)23(22-13)10-9-20-18(24)16-6-3-5-15(11-16)17-7-4-8-19-12-17/h3,5-6,11,17,19H,4,7-10,12H2,1-2H3,(H,20,24). The van der Waals surface area contributed by atoms with Gasteiger partial charge >= 0.3 is 0 Å². The Morgan fingerprint density at radius 2 is 2.29 bits per heavy atom. The summed E-state index contributed by atoms with van der Waals surface area (Å²) < 4.78 is 1.82. The number of piperidine rings is 1. The van der Waals surface area contributed by atoms with E-state index in [0.29, 0.717) is 19.0 Å². The number of carbonyl (C=O) groups is 1. The Labute approximate surface area is 142 Å². The maximum absolute atomic E-state index is 12.4. The highest BCUT2D eigenvalue weighted by atomic mass is 16.1. The fraction of sp³-hybridized carbons (Fsp3) is 0.500. The number of aromatic nitrogens is 3. The molecule has 1 aromatic heterocycles. The highest BCUT2D eigenvalue weighted by Crippen LogP contribution is 2.23. The fourth-order valence-electron chi connectivity index (χ4n) is 3.22. The molecule has 2 heterocycles. The van der Waals surface area contributed by atoms with Gasteiger partial charge in [-0.1, -0.05) is 12.1 Å². The lowest BCUT2D eigenvalue weighted by atomic mass is 9.90. The Morgan fingerprint density at radius 1 is 1.42 bits per heavy atom. The summed E-state index contributed by atoms with van der Waals surface area (Å²) in [5.74, 6) is 2.10. The van der Waals surface area contributed by atoms with Crippen LogP contribution in [0.3, 0.4) is 0 Å². The lowest BCUT2D eigenvalue weighted by Crippen LogP contribution is -2.29. The van der Waals surface area contributed by atoms with Crippen LogP contribution in [-0.2, 0) is 6.54 Å². The van der Waals surface area contributed by atoms with E-state index >= 15 is 0 Å². The maximum atomic E-state index is 12.4. The van der Waals surface area contributed by atoms with Crippen LogP contribution in [0.25, 0.3) is 0 Å². The fourth-order valence-corrected chi connectivity index (χ4v) is 3.22. The molecule has 1 aliphatic rings. The number of aryl methyl sites for hydroxylation is 2. The first-order valence-corrected chi connectivity index (χ1v) is 8.60. The molecule has 1 atom stereocenters. The van der Waals surface area contributed by atoms with Gasteiger partial charge in [-0.15, -0.1) is 0 Å². The molecule has 24 heavy (non-hydrogen) atoms. The zero-order valence-corrected chi connectivity index (χ0v) is 14.4. The molecule has 2 aromatic rings. The number of benzene rings is 1. The minimum Gasteiger partial charge on any atom is -0.350 e. The van der Waals surface area contributed by atoms with Crippen molar-refractivity contribution < 1.29 is 4.79 Å². The molecule has 0 bridgehead atoms. The van der Waals surface area contributed by atoms with Crippen LogP contribution in [0.15, 0.2) is 24.3 Å². The topological polar surface area (TPSA) is 71.8 Å². The Morgan fingerprint density at radius 3 is 3.00 bits per heavy atom. The van der Waals surface area contributed by atoms with Crippen LogP contribution < -0.4 is 10.6 Å². The smallest absolute Gasteiger partial charge is 0.251 e. The van der Waals surface area contributed by atoms with Crippen molar-refractivity contribution in [1.82, 2.24) is 25.4 Å². The van der Waals surface area contributed by atoms with Gasteiger partial charge in [-0.25, -0.2) is 9.67 Å². The third kappa shape index (κ3) is 4.00. The minimum atomic E-state index is -0.0323. The van der Waals surface area contributed by atoms with E-state index < -0.39 is 0 Å². The number of nitrogens with one attached hydrogen (secondary N) is 2. The molecule has 6 nitrogen and oxygen atoms in total. The van der Waals surface area contributed by atoms with Gasteiger partial charge in [-0.05, 0) is 56.8 Å². The SMILES string of the molecule is Cc1nc(C)n(CCNC(=O)c2cccc(C3CCCNC3)c2)n1. The Bertz CT molecular complexity index is 703. The summed E-state index contributed by atoms with van der Waals surface area (Å²) in [4.78, 5) is 16.7. The summed E-state index contributed by atoms with van der Waals surface area (Å²) in [5, 5.41) is 10.7. The number of amides is 1. The summed E-state index contributed by atoms with van der Waals surface area (Å²) in [6.45, 7) is 7.05. The van der Waals surface area contributed by atoms with Gasteiger partial charge in [0.1, 0.15) is 11.6 Å². The van der Waals surface area contributed by atoms with Gasteiger partial charge in [0.15, 0.2) is 0 Å². The van der Waals surface area contributed by atoms with Crippen LogP contribution in [0.5, 0.6) is 0 Å². The first-order chi connectivity index (χ1) is 11.6. The molecular weight excluding hydrogens is 302 g/mol. The van der Waals surface area contributed by atoms with E-state index in [9.17, 15) is 4.79 Å². The average molecular weight is 327 g/mol. The summed E-state index contributed by atoms with van der Waals surface area (Å²) in [6, 6.07) is 8.00. The van der Waals surface area contributed by atoms with Crippen LogP contribution in [-0.4, -0.2) is 40.3 Å². The molecule has 1 unspecified atom stereocenters. The predicted octanol–water partition coefficient (Wildman–Crippen LogP) is 1.79. The molecule has 0 spiro atoms. The monoisotopic (exact) mass is 327 g/mol. The van der Waals surface area contributed by atoms with Crippen molar-refractivity contribution in [1.29, 1.82) is 0 Å². The van der Waals surface area contributed by atoms with E-state index in [2.05, 4.69) is 26.8 Å². The van der Waals surface area contributed by atoms with Gasteiger partial charge < -0.3 is 10.6 Å². The number of hydrogen-bond acceptors (Lipinski definition) is 4. The lowest BCUT2D eigenvalue weighted by molar-refractivity contribution is 0.0951. The third-order valence-electron chi connectivity index (χ3n) is 4.49. The van der Waals surface area contributed by atoms with E-state index in [4.69, 9.17) is 0 Å². The number of nitrogens with zero attached hydrogens (tertiary/aromatic N) is 3. The molecule has 3 rings (SSSR count). The second-order valence-electron chi connectivity index (χ2n) is 6.35. The van der Waals surface area contributed by atoms with Crippen molar-refractivity contribution in [3.63, 3.8) is 0 Å². The van der Waals surface area contributed by atoms with Crippen molar-refractivity contribution in [2.24, 2.45) is 0 Å². The largest absolute Gasteiger partial charge is 0.350 e. The molecule has 0 aliphatic carbocycles. The third-order valence-corrected chi connectivity index (χ3v) is 4.49. The lowest BCUT2D eigenvalue weighted by Gasteiger charge is -2.23. The molecule has 2 N–H and O–H groups in total. The van der Waals surface area contributed by atoms with Crippen LogP contribution >= 0.6 is 0 Å². The van der Waals surface area contributed by atoms with Gasteiger partial charge in [-0.3, -0.25) is 4.79 Å². The average Bonchev–Trinajstić information content (AvgIpc) is 2.93. The highest BCUT2D eigenvalue weighted by Gasteiger charge is 2.16. The van der Waals surface area contributed by atoms with Crippen molar-refractivity contribution in [2.75, 3.05) is 19.6 Å². The van der Waals surface area contributed by atoms with Crippen molar-refractivity contribution in [2.45, 2.75) is 39.2 Å². The quantitative estimate of drug-likeness (QED) is 0.878. The first kappa shape index (κ1) is 16.6. The van der Waals surface area contributed by atoms with Crippen LogP contribution in [0.4, 0.5) is 0 Å². The van der Waals surface area contributed by atoms with E-state index in [-0.39, 0.29) is 5.91 Å².